The Kier molecular flexibility index (Phi) is 9.46. The minimum Gasteiger partial charge on any atom is -1.00 e. The van der Waals surface area contributed by atoms with Crippen LogP contribution in [-0.2, 0) is 30.6 Å². The van der Waals surface area contributed by atoms with E-state index in [-0.39, 0.29) is 51.0 Å². The van der Waals surface area contributed by atoms with E-state index in [0.29, 0.717) is 0 Å². The average molecular weight is 478 g/mol. The first-order valence-electron chi connectivity index (χ1n) is 8.19. The van der Waals surface area contributed by atoms with E-state index >= 15 is 0 Å². The van der Waals surface area contributed by atoms with Gasteiger partial charge < -0.3 is 29.2 Å². The third-order valence-electron chi connectivity index (χ3n) is 4.70. The van der Waals surface area contributed by atoms with Crippen LogP contribution in [0.1, 0.15) is 25.7 Å². The Hall–Kier alpha value is 0.817. The molecule has 0 N–H and O–H groups in total. The van der Waals surface area contributed by atoms with Crippen molar-refractivity contribution in [3.8, 4) is 0 Å². The number of rotatable bonds is 6. The molecule has 131 valence electrons. The third-order valence-corrected chi connectivity index (χ3v) is 9.00. The van der Waals surface area contributed by atoms with Crippen LogP contribution in [0.15, 0.2) is 39.3 Å². The molecule has 0 spiro atoms. The van der Waals surface area contributed by atoms with Crippen LogP contribution in [0, 0.1) is 6.08 Å². The van der Waals surface area contributed by atoms with Gasteiger partial charge in [0.05, 0.1) is 0 Å². The van der Waals surface area contributed by atoms with Crippen molar-refractivity contribution < 1.29 is 55.4 Å². The van der Waals surface area contributed by atoms with Gasteiger partial charge in [-0.3, -0.25) is 6.08 Å². The second-order valence-corrected chi connectivity index (χ2v) is 16.6. The first kappa shape index (κ1) is 24.8. The van der Waals surface area contributed by atoms with Gasteiger partial charge in [-0.15, -0.1) is 12.0 Å². The molecule has 1 fully saturated rings. The summed E-state index contributed by atoms with van der Waals surface area (Å²) < 4.78 is 5.98. The number of allylic oxidation sites excluding steroid dienone is 8. The van der Waals surface area contributed by atoms with Crippen LogP contribution in [-0.4, -0.2) is 23.0 Å². The molecule has 1 radical (unpaired) electrons. The Morgan fingerprint density at radius 3 is 2.38 bits per heavy atom. The monoisotopic (exact) mass is 475 g/mol. The van der Waals surface area contributed by atoms with Crippen molar-refractivity contribution in [1.82, 2.24) is 0 Å². The summed E-state index contributed by atoms with van der Waals surface area (Å²) in [4.78, 5) is 0. The normalized spacial score (nSPS) is 20.1. The molecule has 0 saturated carbocycles. The van der Waals surface area contributed by atoms with E-state index in [9.17, 15) is 0 Å². The number of fused-ring (bicyclic) bond motifs is 1. The van der Waals surface area contributed by atoms with Gasteiger partial charge >= 0.3 is 26.2 Å². The third kappa shape index (κ3) is 5.17. The van der Waals surface area contributed by atoms with Crippen molar-refractivity contribution in [1.29, 1.82) is 0 Å². The Labute approximate surface area is 181 Å². The summed E-state index contributed by atoms with van der Waals surface area (Å²) in [6, 6.07) is 0. The summed E-state index contributed by atoms with van der Waals surface area (Å²) in [7, 11) is -2.48. The minimum absolute atomic E-state index is 0. The predicted octanol–water partition coefficient (Wildman–Crippen LogP) is -0.890. The second-order valence-electron chi connectivity index (χ2n) is 7.88. The Morgan fingerprint density at radius 2 is 1.83 bits per heavy atom. The van der Waals surface area contributed by atoms with Crippen molar-refractivity contribution in [3.63, 3.8) is 0 Å². The van der Waals surface area contributed by atoms with Crippen molar-refractivity contribution in [2.45, 2.75) is 58.4 Å². The molecule has 0 aromatic rings. The van der Waals surface area contributed by atoms with E-state index in [1.165, 1.54) is 6.42 Å². The molecular weight excluding hydrogens is 450 g/mol. The van der Waals surface area contributed by atoms with Crippen LogP contribution < -0.4 is 24.8 Å². The van der Waals surface area contributed by atoms with Gasteiger partial charge in [-0.05, 0) is 52.6 Å². The quantitative estimate of drug-likeness (QED) is 0.274. The zero-order chi connectivity index (χ0) is 15.3. The molecule has 1 heterocycles. The van der Waals surface area contributed by atoms with Crippen molar-refractivity contribution in [2.75, 3.05) is 6.61 Å². The molecule has 3 rings (SSSR count). The fourth-order valence-electron chi connectivity index (χ4n) is 3.57. The number of hydrogen-bond acceptors (Lipinski definition) is 1. The fourth-order valence-corrected chi connectivity index (χ4v) is 7.78. The zero-order valence-corrected chi connectivity index (χ0v) is 21.3. The summed E-state index contributed by atoms with van der Waals surface area (Å²) in [6.45, 7) is 12.6. The smallest absolute Gasteiger partial charge is 1.00 e. The molecule has 1 aliphatic heterocycles. The van der Waals surface area contributed by atoms with Crippen LogP contribution in [0.2, 0.25) is 32.7 Å². The molecule has 6 heteroatoms. The molecule has 0 bridgehead atoms. The van der Waals surface area contributed by atoms with E-state index in [2.05, 4.69) is 51.0 Å². The molecular formula is C18H27Cl2OSi2Zr. The van der Waals surface area contributed by atoms with Gasteiger partial charge in [-0.25, -0.2) is 5.20 Å². The SMILES string of the molecule is C[Si](C)(C)OCCCC1=C(C2=C3C(=[C-]C2)[Si]3(C)C)CC=C1.[Cl-].[Cl-].[Zr+3]. The topological polar surface area (TPSA) is 9.23 Å². The van der Waals surface area contributed by atoms with Gasteiger partial charge in [0.2, 0.25) is 0 Å². The van der Waals surface area contributed by atoms with Crippen molar-refractivity contribution >= 4 is 16.4 Å². The summed E-state index contributed by atoms with van der Waals surface area (Å²) >= 11 is 0. The van der Waals surface area contributed by atoms with Crippen molar-refractivity contribution in [2.24, 2.45) is 0 Å². The average Bonchev–Trinajstić information content (AvgIpc) is 2.82. The molecule has 1 nitrogen and oxygen atoms in total. The van der Waals surface area contributed by atoms with E-state index < -0.39 is 16.4 Å². The molecule has 0 atom stereocenters. The summed E-state index contributed by atoms with van der Waals surface area (Å²) in [5.41, 5.74) is 4.84. The molecule has 0 aromatic carbocycles. The van der Waals surface area contributed by atoms with Crippen LogP contribution in [0.25, 0.3) is 0 Å². The van der Waals surface area contributed by atoms with Crippen LogP contribution >= 0.6 is 0 Å². The van der Waals surface area contributed by atoms with Gasteiger partial charge in [0, 0.05) is 6.61 Å². The Balaban J connectivity index is 0.00000176. The molecule has 3 aliphatic rings. The van der Waals surface area contributed by atoms with Crippen LogP contribution in [0.4, 0.5) is 0 Å². The van der Waals surface area contributed by atoms with Gasteiger partial charge in [-0.1, -0.05) is 30.8 Å². The molecule has 2 aliphatic carbocycles. The van der Waals surface area contributed by atoms with E-state index in [1.54, 1.807) is 27.1 Å². The Bertz CT molecular complexity index is 599. The zero-order valence-electron chi connectivity index (χ0n) is 15.4. The first-order chi connectivity index (χ1) is 9.81. The van der Waals surface area contributed by atoms with E-state index in [4.69, 9.17) is 4.43 Å². The predicted molar refractivity (Wildman–Crippen MR) is 95.2 cm³/mol. The maximum absolute atomic E-state index is 5.98. The summed E-state index contributed by atoms with van der Waals surface area (Å²) in [6.07, 6.45) is 12.9. The fraction of sp³-hybridized carbons (Fsp3) is 0.556. The van der Waals surface area contributed by atoms with E-state index in [1.807, 2.05) is 0 Å². The molecule has 0 amide bonds. The molecule has 0 aromatic heterocycles. The maximum Gasteiger partial charge on any atom is 3.00 e. The standard InChI is InChI=1S/C18H27OSi2.2ClH.Zr/c1-20(2,3)19-13-7-9-14-8-6-10-15(14)16-11-12-17-18(16)21(17,4)5;;;/h6,8H,7,9-11,13H2,1-5H3;2*1H;/q-1;;;+3/p-2. The maximum atomic E-state index is 5.98. The van der Waals surface area contributed by atoms with Gasteiger partial charge in [-0.2, -0.15) is 5.20 Å². The summed E-state index contributed by atoms with van der Waals surface area (Å²) in [5, 5.41) is 3.36. The molecule has 0 unspecified atom stereocenters. The van der Waals surface area contributed by atoms with Crippen molar-refractivity contribution in [3.05, 3.63) is 45.3 Å². The number of halogens is 2. The van der Waals surface area contributed by atoms with Crippen LogP contribution in [0.3, 0.4) is 0 Å². The first-order valence-corrected chi connectivity index (χ1v) is 14.6. The Morgan fingerprint density at radius 1 is 1.17 bits per heavy atom. The van der Waals surface area contributed by atoms with Gasteiger partial charge in [0.25, 0.3) is 0 Å². The van der Waals surface area contributed by atoms with E-state index in [0.717, 1.165) is 25.9 Å². The van der Waals surface area contributed by atoms with Gasteiger partial charge in [0.1, 0.15) is 0 Å². The second kappa shape index (κ2) is 9.15. The van der Waals surface area contributed by atoms with Crippen LogP contribution in [0.5, 0.6) is 0 Å². The molecule has 24 heavy (non-hydrogen) atoms. The number of hydrogen-bond donors (Lipinski definition) is 0. The summed E-state index contributed by atoms with van der Waals surface area (Å²) in [5.74, 6) is 0. The largest absolute Gasteiger partial charge is 3.00 e. The molecule has 1 saturated heterocycles. The minimum atomic E-state index is -1.35. The van der Waals surface area contributed by atoms with Gasteiger partial charge in [0.15, 0.2) is 8.32 Å².